The standard InChI is InChI=1S/C19H26N2/c1-3-17-8-10-18(11-9-17)15-21(13-5-12-20)19-7-4-6-16(2)14-19/h4,6-11,14H,3,5,12-13,15,20H2,1-2H3. The number of anilines is 1. The van der Waals surface area contributed by atoms with Crippen LogP contribution < -0.4 is 10.6 Å². The monoisotopic (exact) mass is 282 g/mol. The number of rotatable bonds is 7. The normalized spacial score (nSPS) is 10.6. The number of aryl methyl sites for hydroxylation is 2. The van der Waals surface area contributed by atoms with Gasteiger partial charge in [0.25, 0.3) is 0 Å². The fourth-order valence-electron chi connectivity index (χ4n) is 2.51. The smallest absolute Gasteiger partial charge is 0.0429 e. The minimum absolute atomic E-state index is 0.733. The summed E-state index contributed by atoms with van der Waals surface area (Å²) in [5, 5.41) is 0. The lowest BCUT2D eigenvalue weighted by atomic mass is 10.1. The molecule has 2 rings (SSSR count). The number of hydrogen-bond donors (Lipinski definition) is 1. The largest absolute Gasteiger partial charge is 0.367 e. The second-order valence-corrected chi connectivity index (χ2v) is 5.57. The highest BCUT2D eigenvalue weighted by Crippen LogP contribution is 2.19. The molecule has 2 aromatic carbocycles. The molecule has 2 aromatic rings. The Morgan fingerprint density at radius 2 is 1.71 bits per heavy atom. The molecule has 0 unspecified atom stereocenters. The summed E-state index contributed by atoms with van der Waals surface area (Å²) in [6, 6.07) is 17.6. The molecule has 2 heteroatoms. The molecule has 0 bridgehead atoms. The predicted octanol–water partition coefficient (Wildman–Crippen LogP) is 3.91. The van der Waals surface area contributed by atoms with Crippen molar-refractivity contribution in [3.05, 3.63) is 65.2 Å². The topological polar surface area (TPSA) is 29.3 Å². The van der Waals surface area contributed by atoms with Crippen molar-refractivity contribution in [2.45, 2.75) is 33.2 Å². The highest BCUT2D eigenvalue weighted by atomic mass is 15.1. The molecule has 0 spiro atoms. The van der Waals surface area contributed by atoms with E-state index in [1.807, 2.05) is 0 Å². The summed E-state index contributed by atoms with van der Waals surface area (Å²) in [5.74, 6) is 0. The fourth-order valence-corrected chi connectivity index (χ4v) is 2.51. The van der Waals surface area contributed by atoms with E-state index in [2.05, 4.69) is 67.3 Å². The van der Waals surface area contributed by atoms with Gasteiger partial charge in [0.15, 0.2) is 0 Å². The van der Waals surface area contributed by atoms with Crippen molar-refractivity contribution in [2.75, 3.05) is 18.0 Å². The van der Waals surface area contributed by atoms with Crippen LogP contribution in [0.1, 0.15) is 30.0 Å². The summed E-state index contributed by atoms with van der Waals surface area (Å²) in [7, 11) is 0. The fraction of sp³-hybridized carbons (Fsp3) is 0.368. The Balaban J connectivity index is 2.15. The van der Waals surface area contributed by atoms with E-state index in [0.717, 1.165) is 32.5 Å². The van der Waals surface area contributed by atoms with Gasteiger partial charge in [0.2, 0.25) is 0 Å². The zero-order chi connectivity index (χ0) is 15.1. The van der Waals surface area contributed by atoms with Gasteiger partial charge in [-0.05, 0) is 55.1 Å². The SMILES string of the molecule is CCc1ccc(CN(CCCN)c2cccc(C)c2)cc1. The molecular weight excluding hydrogens is 256 g/mol. The summed E-state index contributed by atoms with van der Waals surface area (Å²) in [6.07, 6.45) is 2.11. The third-order valence-corrected chi connectivity index (χ3v) is 3.80. The van der Waals surface area contributed by atoms with Gasteiger partial charge in [0.05, 0.1) is 0 Å². The van der Waals surface area contributed by atoms with Crippen molar-refractivity contribution >= 4 is 5.69 Å². The number of nitrogens with two attached hydrogens (primary N) is 1. The van der Waals surface area contributed by atoms with Gasteiger partial charge >= 0.3 is 0 Å². The molecule has 0 aliphatic heterocycles. The molecular formula is C19H26N2. The Kier molecular flexibility index (Phi) is 5.82. The minimum atomic E-state index is 0.733. The highest BCUT2D eigenvalue weighted by Gasteiger charge is 2.07. The predicted molar refractivity (Wildman–Crippen MR) is 91.7 cm³/mol. The molecule has 21 heavy (non-hydrogen) atoms. The van der Waals surface area contributed by atoms with Gasteiger partial charge in [-0.1, -0.05) is 43.3 Å². The van der Waals surface area contributed by atoms with Crippen LogP contribution >= 0.6 is 0 Å². The van der Waals surface area contributed by atoms with E-state index in [0.29, 0.717) is 0 Å². The van der Waals surface area contributed by atoms with Crippen LogP contribution in [0.25, 0.3) is 0 Å². The molecule has 0 radical (unpaired) electrons. The zero-order valence-corrected chi connectivity index (χ0v) is 13.2. The van der Waals surface area contributed by atoms with E-state index in [9.17, 15) is 0 Å². The van der Waals surface area contributed by atoms with Crippen LogP contribution in [-0.4, -0.2) is 13.1 Å². The Morgan fingerprint density at radius 1 is 1.00 bits per heavy atom. The molecule has 0 aromatic heterocycles. The Hall–Kier alpha value is -1.80. The average Bonchev–Trinajstić information content (AvgIpc) is 2.52. The summed E-state index contributed by atoms with van der Waals surface area (Å²) < 4.78 is 0. The first-order chi connectivity index (χ1) is 10.2. The van der Waals surface area contributed by atoms with Crippen LogP contribution in [0.15, 0.2) is 48.5 Å². The lowest BCUT2D eigenvalue weighted by molar-refractivity contribution is 0.735. The van der Waals surface area contributed by atoms with Crippen LogP contribution in [0.3, 0.4) is 0 Å². The van der Waals surface area contributed by atoms with Crippen molar-refractivity contribution in [1.29, 1.82) is 0 Å². The maximum absolute atomic E-state index is 5.69. The Bertz CT molecular complexity index is 546. The van der Waals surface area contributed by atoms with Gasteiger partial charge in [-0.25, -0.2) is 0 Å². The van der Waals surface area contributed by atoms with Gasteiger partial charge in [-0.2, -0.15) is 0 Å². The molecule has 112 valence electrons. The molecule has 0 saturated heterocycles. The van der Waals surface area contributed by atoms with Crippen molar-refractivity contribution in [1.82, 2.24) is 0 Å². The first kappa shape index (κ1) is 15.6. The third-order valence-electron chi connectivity index (χ3n) is 3.80. The lowest BCUT2D eigenvalue weighted by Gasteiger charge is -2.25. The molecule has 0 atom stereocenters. The van der Waals surface area contributed by atoms with Crippen molar-refractivity contribution in [3.8, 4) is 0 Å². The van der Waals surface area contributed by atoms with Crippen molar-refractivity contribution < 1.29 is 0 Å². The molecule has 0 saturated carbocycles. The van der Waals surface area contributed by atoms with E-state index in [4.69, 9.17) is 5.73 Å². The van der Waals surface area contributed by atoms with Gasteiger partial charge in [-0.15, -0.1) is 0 Å². The second kappa shape index (κ2) is 7.84. The van der Waals surface area contributed by atoms with E-state index in [1.165, 1.54) is 22.4 Å². The van der Waals surface area contributed by atoms with E-state index in [1.54, 1.807) is 0 Å². The molecule has 0 fully saturated rings. The summed E-state index contributed by atoms with van der Waals surface area (Å²) in [4.78, 5) is 2.42. The summed E-state index contributed by atoms with van der Waals surface area (Å²) >= 11 is 0. The zero-order valence-electron chi connectivity index (χ0n) is 13.2. The second-order valence-electron chi connectivity index (χ2n) is 5.57. The first-order valence-corrected chi connectivity index (χ1v) is 7.82. The van der Waals surface area contributed by atoms with Gasteiger partial charge < -0.3 is 10.6 Å². The van der Waals surface area contributed by atoms with Crippen molar-refractivity contribution in [3.63, 3.8) is 0 Å². The molecule has 0 amide bonds. The van der Waals surface area contributed by atoms with Crippen LogP contribution in [0, 0.1) is 6.92 Å². The number of hydrogen-bond acceptors (Lipinski definition) is 2. The molecule has 0 aliphatic rings. The summed E-state index contributed by atoms with van der Waals surface area (Å²) in [6.45, 7) is 7.00. The molecule has 2 nitrogen and oxygen atoms in total. The number of benzene rings is 2. The first-order valence-electron chi connectivity index (χ1n) is 7.82. The molecule has 0 aliphatic carbocycles. The van der Waals surface area contributed by atoms with E-state index < -0.39 is 0 Å². The van der Waals surface area contributed by atoms with E-state index >= 15 is 0 Å². The quantitative estimate of drug-likeness (QED) is 0.834. The lowest BCUT2D eigenvalue weighted by Crippen LogP contribution is -2.25. The van der Waals surface area contributed by atoms with E-state index in [-0.39, 0.29) is 0 Å². The van der Waals surface area contributed by atoms with Crippen LogP contribution in [0.4, 0.5) is 5.69 Å². The third kappa shape index (κ3) is 4.61. The van der Waals surface area contributed by atoms with Gasteiger partial charge in [0.1, 0.15) is 0 Å². The van der Waals surface area contributed by atoms with Crippen LogP contribution in [0.2, 0.25) is 0 Å². The maximum atomic E-state index is 5.69. The van der Waals surface area contributed by atoms with Gasteiger partial charge in [0, 0.05) is 18.8 Å². The molecule has 2 N–H and O–H groups in total. The van der Waals surface area contributed by atoms with Crippen LogP contribution in [0.5, 0.6) is 0 Å². The molecule has 0 heterocycles. The number of nitrogens with zero attached hydrogens (tertiary/aromatic N) is 1. The maximum Gasteiger partial charge on any atom is 0.0429 e. The van der Waals surface area contributed by atoms with Gasteiger partial charge in [-0.3, -0.25) is 0 Å². The minimum Gasteiger partial charge on any atom is -0.367 e. The average molecular weight is 282 g/mol. The Labute approximate surface area is 128 Å². The highest BCUT2D eigenvalue weighted by molar-refractivity contribution is 5.49. The van der Waals surface area contributed by atoms with Crippen molar-refractivity contribution in [2.24, 2.45) is 5.73 Å². The van der Waals surface area contributed by atoms with Crippen LogP contribution in [-0.2, 0) is 13.0 Å². The Morgan fingerprint density at radius 3 is 2.33 bits per heavy atom. The summed E-state index contributed by atoms with van der Waals surface area (Å²) in [5.41, 5.74) is 11.0.